The minimum absolute atomic E-state index is 0.0493. The molecule has 0 aliphatic heterocycles. The van der Waals surface area contributed by atoms with Gasteiger partial charge in [0.15, 0.2) is 0 Å². The first-order valence-corrected chi connectivity index (χ1v) is 16.9. The average Bonchev–Trinajstić information content (AvgIpc) is 2.94. The topological polar surface area (TPSA) is 104 Å². The van der Waals surface area contributed by atoms with E-state index in [0.29, 0.717) is 22.1 Å². The number of guanidine groups is 1. The van der Waals surface area contributed by atoms with Gasteiger partial charge in [0.2, 0.25) is 0 Å². The van der Waals surface area contributed by atoms with E-state index in [1.165, 1.54) is 15.9 Å². The Hall–Kier alpha value is -3.96. The van der Waals surface area contributed by atoms with Crippen LogP contribution in [0.25, 0.3) is 0 Å². The average molecular weight is 636 g/mol. The van der Waals surface area contributed by atoms with Crippen molar-refractivity contribution in [3.63, 3.8) is 0 Å². The number of nitrogens with two attached hydrogens (primary N) is 1. The fourth-order valence-electron chi connectivity index (χ4n) is 3.24. The fraction of sp³-hybridized carbons (Fsp3) is 0.0345. The number of aliphatic imine (C=N–C) groups is 2. The fourth-order valence-corrected chi connectivity index (χ4v) is 9.98. The van der Waals surface area contributed by atoms with Crippen molar-refractivity contribution < 1.29 is 7.86 Å². The Labute approximate surface area is 232 Å². The first-order valence-electron chi connectivity index (χ1n) is 11.6. The van der Waals surface area contributed by atoms with Gasteiger partial charge in [0.1, 0.15) is 0 Å². The zero-order valence-corrected chi connectivity index (χ0v) is 23.5. The maximum atomic E-state index is 12.1. The molecule has 0 saturated heterocycles. The van der Waals surface area contributed by atoms with E-state index < -0.39 is 18.8 Å². The summed E-state index contributed by atoms with van der Waals surface area (Å²) < 4.78 is 6.78. The van der Waals surface area contributed by atoms with E-state index >= 15 is 0 Å². The number of benzene rings is 4. The molecule has 0 aromatic heterocycles. The minimum atomic E-state index is -2.70. The Kier molecular flexibility index (Phi) is 9.65. The van der Waals surface area contributed by atoms with Crippen LogP contribution in [0.15, 0.2) is 131 Å². The number of nitrogens with zero attached hydrogens (tertiary/aromatic N) is 3. The predicted octanol–water partition coefficient (Wildman–Crippen LogP) is 7.02. The number of hydrogen-bond acceptors (Lipinski definition) is 5. The maximum absolute atomic E-state index is 12.1. The molecule has 0 bridgehead atoms. The Bertz CT molecular complexity index is 1420. The van der Waals surface area contributed by atoms with Crippen molar-refractivity contribution in [3.8, 4) is 0 Å². The Balaban J connectivity index is 1.85. The molecule has 0 unspecified atom stereocenters. The molecule has 0 amide bonds. The van der Waals surface area contributed by atoms with Gasteiger partial charge >= 0.3 is 233 Å². The number of amidine groups is 2. The third-order valence-corrected chi connectivity index (χ3v) is 12.2. The van der Waals surface area contributed by atoms with Crippen LogP contribution in [0.2, 0.25) is 0 Å². The molecule has 38 heavy (non-hydrogen) atoms. The molecule has 0 radical (unpaired) electrons. The second-order valence-corrected chi connectivity index (χ2v) is 14.4. The third-order valence-electron chi connectivity index (χ3n) is 4.92. The summed E-state index contributed by atoms with van der Waals surface area (Å²) in [5, 5.41) is 9.16. The van der Waals surface area contributed by atoms with E-state index in [1.807, 2.05) is 121 Å². The summed E-state index contributed by atoms with van der Waals surface area (Å²) >= 11 is -2.70. The van der Waals surface area contributed by atoms with Gasteiger partial charge in [0.25, 0.3) is 0 Å². The van der Waals surface area contributed by atoms with E-state index in [2.05, 4.69) is 4.99 Å². The zero-order valence-electron chi connectivity index (χ0n) is 20.6. The van der Waals surface area contributed by atoms with Crippen LogP contribution in [0.4, 0.5) is 11.4 Å². The Morgan fingerprint density at radius 2 is 1.37 bits per heavy atom. The number of para-hydroxylation sites is 2. The second-order valence-electron chi connectivity index (χ2n) is 7.74. The predicted molar refractivity (Wildman–Crippen MR) is 166 cm³/mol. The van der Waals surface area contributed by atoms with Crippen LogP contribution in [-0.2, 0) is 7.86 Å². The molecule has 0 saturated carbocycles. The number of nitrogens with one attached hydrogen (secondary N) is 1. The molecule has 7 nitrogen and oxygen atoms in total. The van der Waals surface area contributed by atoms with Crippen molar-refractivity contribution in [1.82, 2.24) is 0 Å². The van der Waals surface area contributed by atoms with Crippen molar-refractivity contribution >= 4 is 62.1 Å². The number of carbonyl (C=O) groups excluding carboxylic acids is 1. The first-order chi connectivity index (χ1) is 18.5. The molecule has 0 atom stereocenters. The first kappa shape index (κ1) is 27.1. The van der Waals surface area contributed by atoms with Gasteiger partial charge in [-0.15, -0.1) is 0 Å². The van der Waals surface area contributed by atoms with Gasteiger partial charge < -0.3 is 0 Å². The SMILES string of the molecule is CC(=O)OI(SC(=NC(=N)c1ccccc1)N(C(N)=Nc1ccccc1)c1ccccc1)c1ccccc1. The Morgan fingerprint density at radius 1 is 0.842 bits per heavy atom. The molecular weight excluding hydrogens is 609 g/mol. The summed E-state index contributed by atoms with van der Waals surface area (Å²) in [7, 11) is 1.32. The molecule has 0 heterocycles. The van der Waals surface area contributed by atoms with Crippen LogP contribution < -0.4 is 10.6 Å². The van der Waals surface area contributed by atoms with Crippen LogP contribution in [0, 0.1) is 8.98 Å². The van der Waals surface area contributed by atoms with Gasteiger partial charge in [-0.2, -0.15) is 0 Å². The van der Waals surface area contributed by atoms with Crippen LogP contribution in [-0.4, -0.2) is 22.9 Å². The van der Waals surface area contributed by atoms with Crippen LogP contribution >= 0.6 is 27.8 Å². The summed E-state index contributed by atoms with van der Waals surface area (Å²) in [5.74, 6) is -0.157. The normalized spacial score (nSPS) is 12.0. The van der Waals surface area contributed by atoms with Gasteiger partial charge in [-0.05, 0) is 0 Å². The molecule has 4 aromatic rings. The summed E-state index contributed by atoms with van der Waals surface area (Å²) in [5.41, 5.74) is 8.66. The van der Waals surface area contributed by atoms with Crippen LogP contribution in [0.5, 0.6) is 0 Å². The second kappa shape index (κ2) is 13.5. The summed E-state index contributed by atoms with van der Waals surface area (Å²) in [4.78, 5) is 23.2. The van der Waals surface area contributed by atoms with Gasteiger partial charge in [-0.3, -0.25) is 0 Å². The van der Waals surface area contributed by atoms with Gasteiger partial charge in [-0.1, -0.05) is 0 Å². The van der Waals surface area contributed by atoms with E-state index in [0.717, 1.165) is 3.57 Å². The molecule has 0 aliphatic rings. The number of halogens is 1. The summed E-state index contributed by atoms with van der Waals surface area (Å²) in [6.45, 7) is 1.40. The summed E-state index contributed by atoms with van der Waals surface area (Å²) in [6.07, 6.45) is 0. The van der Waals surface area contributed by atoms with Gasteiger partial charge in [0.05, 0.1) is 0 Å². The number of rotatable bonds is 6. The van der Waals surface area contributed by atoms with E-state index in [9.17, 15) is 4.79 Å². The molecule has 4 rings (SSSR count). The number of anilines is 1. The molecule has 4 aromatic carbocycles. The molecule has 3 N–H and O–H groups in total. The Morgan fingerprint density at radius 3 is 1.95 bits per heavy atom. The van der Waals surface area contributed by atoms with Crippen molar-refractivity contribution in [2.75, 3.05) is 4.90 Å². The quantitative estimate of drug-likeness (QED) is 0.135. The van der Waals surface area contributed by atoms with Crippen molar-refractivity contribution in [1.29, 1.82) is 5.41 Å². The third kappa shape index (κ3) is 7.53. The monoisotopic (exact) mass is 635 g/mol. The standard InChI is InChI=1S/C29H26IN5O2S/c1-22(36)37-30(24-16-8-3-9-17-24)38-29(34-27(31)23-14-6-2-7-15-23)35(26-20-12-5-13-21-26)28(32)33-25-18-10-4-11-19-25/h2-21,31H,1H3,(H2,32,33). The van der Waals surface area contributed by atoms with Crippen molar-refractivity contribution in [2.45, 2.75) is 6.92 Å². The molecule has 9 heteroatoms. The number of carbonyl (C=O) groups is 1. The van der Waals surface area contributed by atoms with Gasteiger partial charge in [0, 0.05) is 0 Å². The van der Waals surface area contributed by atoms with Crippen molar-refractivity contribution in [2.24, 2.45) is 15.7 Å². The summed E-state index contributed by atoms with van der Waals surface area (Å²) in [6, 6.07) is 37.7. The van der Waals surface area contributed by atoms with Gasteiger partial charge in [-0.25, -0.2) is 0 Å². The van der Waals surface area contributed by atoms with Crippen LogP contribution in [0.3, 0.4) is 0 Å². The molecule has 0 fully saturated rings. The van der Waals surface area contributed by atoms with Crippen molar-refractivity contribution in [3.05, 3.63) is 130 Å². The zero-order chi connectivity index (χ0) is 26.7. The molecule has 192 valence electrons. The van der Waals surface area contributed by atoms with E-state index in [-0.39, 0.29) is 17.8 Å². The van der Waals surface area contributed by atoms with Crippen LogP contribution in [0.1, 0.15) is 12.5 Å². The van der Waals surface area contributed by atoms with E-state index in [1.54, 1.807) is 4.90 Å². The number of hydrogen-bond donors (Lipinski definition) is 2. The molecular formula is C29H26IN5O2S. The molecule has 0 aliphatic carbocycles. The van der Waals surface area contributed by atoms with E-state index in [4.69, 9.17) is 19.2 Å². The molecule has 0 spiro atoms.